The molecule has 0 bridgehead atoms. The van der Waals surface area contributed by atoms with Gasteiger partial charge in [0, 0.05) is 10.4 Å². The van der Waals surface area contributed by atoms with Gasteiger partial charge in [0.15, 0.2) is 0 Å². The zero-order chi connectivity index (χ0) is 18.9. The second-order valence-electron chi connectivity index (χ2n) is 7.52. The Morgan fingerprint density at radius 1 is 1.35 bits per heavy atom. The second kappa shape index (κ2) is 7.55. The van der Waals surface area contributed by atoms with Crippen molar-refractivity contribution in [3.05, 3.63) is 41.9 Å². The Kier molecular flexibility index (Phi) is 5.73. The molecule has 0 aliphatic heterocycles. The minimum atomic E-state index is -0.721. The van der Waals surface area contributed by atoms with Crippen molar-refractivity contribution in [2.45, 2.75) is 43.2 Å². The van der Waals surface area contributed by atoms with Crippen LogP contribution in [0.25, 0.3) is 0 Å². The van der Waals surface area contributed by atoms with E-state index < -0.39 is 15.9 Å². The molecule has 1 heterocycles. The Bertz CT molecular complexity index is 720. The third-order valence-electron chi connectivity index (χ3n) is 4.85. The van der Waals surface area contributed by atoms with Crippen LogP contribution in [0.3, 0.4) is 0 Å². The number of aliphatic hydroxyl groups excluding tert-OH is 1. The number of benzene rings is 1. The van der Waals surface area contributed by atoms with Gasteiger partial charge in [0.25, 0.3) is 0 Å². The lowest BCUT2D eigenvalue weighted by molar-refractivity contribution is -0.0264. The molecular weight excluding hydrogens is 397 g/mol. The van der Waals surface area contributed by atoms with Gasteiger partial charge in [-0.2, -0.15) is 5.10 Å². The highest BCUT2D eigenvalue weighted by molar-refractivity contribution is 6.50. The summed E-state index contributed by atoms with van der Waals surface area (Å²) in [5.41, 5.74) is -0.535. The lowest BCUT2D eigenvalue weighted by Crippen LogP contribution is -2.42. The van der Waals surface area contributed by atoms with Crippen molar-refractivity contribution in [2.75, 3.05) is 6.61 Å². The van der Waals surface area contributed by atoms with Gasteiger partial charge in [-0.25, -0.2) is 9.67 Å². The maximum Gasteiger partial charge on any atom is 0.137 e. The summed E-state index contributed by atoms with van der Waals surface area (Å²) in [7, 11) is 0. The summed E-state index contributed by atoms with van der Waals surface area (Å²) in [6, 6.07) is 6.86. The number of alkyl halides is 2. The van der Waals surface area contributed by atoms with Crippen LogP contribution in [0.15, 0.2) is 36.9 Å². The SMILES string of the molecule is CC(C)(COc1ccc(Cl)cc1)C(O)C(CC1CC1(Cl)Cl)n1cncn1. The van der Waals surface area contributed by atoms with Crippen molar-refractivity contribution in [2.24, 2.45) is 11.3 Å². The molecule has 3 unspecified atom stereocenters. The molecule has 1 N–H and O–H groups in total. The van der Waals surface area contributed by atoms with Crippen LogP contribution in [0.5, 0.6) is 5.75 Å². The average Bonchev–Trinajstić information content (AvgIpc) is 2.99. The van der Waals surface area contributed by atoms with Crippen LogP contribution in [0, 0.1) is 11.3 Å². The van der Waals surface area contributed by atoms with Crippen molar-refractivity contribution in [1.29, 1.82) is 0 Å². The molecule has 0 spiro atoms. The van der Waals surface area contributed by atoms with E-state index in [0.29, 0.717) is 23.8 Å². The molecule has 1 aliphatic carbocycles. The van der Waals surface area contributed by atoms with E-state index in [1.54, 1.807) is 35.3 Å². The van der Waals surface area contributed by atoms with Gasteiger partial charge in [-0.3, -0.25) is 0 Å². The lowest BCUT2D eigenvalue weighted by Gasteiger charge is -2.35. The number of hydrogen-bond donors (Lipinski definition) is 1. The maximum atomic E-state index is 11.1. The van der Waals surface area contributed by atoms with Gasteiger partial charge in [0.2, 0.25) is 0 Å². The molecule has 1 aliphatic rings. The number of ether oxygens (including phenoxy) is 1. The van der Waals surface area contributed by atoms with E-state index in [4.69, 9.17) is 39.5 Å². The van der Waals surface area contributed by atoms with Crippen molar-refractivity contribution >= 4 is 34.8 Å². The Morgan fingerprint density at radius 2 is 2.00 bits per heavy atom. The molecule has 3 rings (SSSR count). The number of aliphatic hydroxyl groups is 1. The molecule has 142 valence electrons. The van der Waals surface area contributed by atoms with Crippen molar-refractivity contribution in [3.8, 4) is 5.75 Å². The molecule has 0 radical (unpaired) electrons. The van der Waals surface area contributed by atoms with Gasteiger partial charge in [0.1, 0.15) is 22.7 Å². The third kappa shape index (κ3) is 4.63. The smallest absolute Gasteiger partial charge is 0.137 e. The standard InChI is InChI=1S/C18H22Cl3N3O2/c1-17(2,9-26-14-5-3-13(19)4-6-14)16(25)15(24-11-22-10-23-24)7-12-8-18(12,20)21/h3-6,10-12,15-16,25H,7-9H2,1-2H3. The molecule has 8 heteroatoms. The summed E-state index contributed by atoms with van der Waals surface area (Å²) < 4.78 is 6.83. The van der Waals surface area contributed by atoms with E-state index in [1.807, 2.05) is 13.8 Å². The molecule has 1 aromatic heterocycles. The molecule has 1 fully saturated rings. The van der Waals surface area contributed by atoms with Gasteiger partial charge in [0.05, 0.1) is 18.8 Å². The van der Waals surface area contributed by atoms with E-state index >= 15 is 0 Å². The highest BCUT2D eigenvalue weighted by Crippen LogP contribution is 2.57. The largest absolute Gasteiger partial charge is 0.493 e. The summed E-state index contributed by atoms with van der Waals surface area (Å²) in [6.45, 7) is 4.25. The fourth-order valence-corrected chi connectivity index (χ4v) is 3.67. The first-order chi connectivity index (χ1) is 12.2. The second-order valence-corrected chi connectivity index (χ2v) is 9.50. The fraction of sp³-hybridized carbons (Fsp3) is 0.556. The van der Waals surface area contributed by atoms with E-state index in [-0.39, 0.29) is 12.0 Å². The van der Waals surface area contributed by atoms with Gasteiger partial charge in [-0.15, -0.1) is 23.2 Å². The van der Waals surface area contributed by atoms with Crippen LogP contribution in [0.4, 0.5) is 0 Å². The predicted molar refractivity (Wildman–Crippen MR) is 103 cm³/mol. The normalized spacial score (nSPS) is 21.2. The number of hydrogen-bond acceptors (Lipinski definition) is 4. The van der Waals surface area contributed by atoms with E-state index in [1.165, 1.54) is 6.33 Å². The van der Waals surface area contributed by atoms with Gasteiger partial charge >= 0.3 is 0 Å². The van der Waals surface area contributed by atoms with E-state index in [9.17, 15) is 5.11 Å². The number of halogens is 3. The molecule has 1 saturated carbocycles. The maximum absolute atomic E-state index is 11.1. The summed E-state index contributed by atoms with van der Waals surface area (Å²) in [4.78, 5) is 4.00. The molecular formula is C18H22Cl3N3O2. The number of aromatic nitrogens is 3. The first kappa shape index (κ1) is 19.7. The topological polar surface area (TPSA) is 60.2 Å². The average molecular weight is 419 g/mol. The van der Waals surface area contributed by atoms with Crippen molar-refractivity contribution < 1.29 is 9.84 Å². The molecule has 3 atom stereocenters. The molecule has 0 saturated heterocycles. The monoisotopic (exact) mass is 417 g/mol. The first-order valence-electron chi connectivity index (χ1n) is 8.47. The summed E-state index contributed by atoms with van der Waals surface area (Å²) in [5.74, 6) is 0.831. The van der Waals surface area contributed by atoms with Crippen LogP contribution in [0.2, 0.25) is 5.02 Å². The van der Waals surface area contributed by atoms with E-state index in [0.717, 1.165) is 6.42 Å². The quantitative estimate of drug-likeness (QED) is 0.640. The highest BCUT2D eigenvalue weighted by atomic mass is 35.5. The first-order valence-corrected chi connectivity index (χ1v) is 9.61. The minimum absolute atomic E-state index is 0.127. The van der Waals surface area contributed by atoms with Gasteiger partial charge < -0.3 is 9.84 Å². The molecule has 5 nitrogen and oxygen atoms in total. The predicted octanol–water partition coefficient (Wildman–Crippen LogP) is 4.52. The van der Waals surface area contributed by atoms with Crippen molar-refractivity contribution in [3.63, 3.8) is 0 Å². The number of nitrogens with zero attached hydrogens (tertiary/aromatic N) is 3. The molecule has 2 aromatic rings. The summed E-state index contributed by atoms with van der Waals surface area (Å²) in [6.07, 6.45) is 3.69. The van der Waals surface area contributed by atoms with Crippen LogP contribution < -0.4 is 4.74 Å². The molecule has 0 amide bonds. The van der Waals surface area contributed by atoms with Crippen LogP contribution >= 0.6 is 34.8 Å². The Balaban J connectivity index is 1.69. The Hall–Kier alpha value is -1.01. The van der Waals surface area contributed by atoms with Gasteiger partial charge in [-0.05, 0) is 43.0 Å². The van der Waals surface area contributed by atoms with Crippen LogP contribution in [-0.4, -0.2) is 36.9 Å². The minimum Gasteiger partial charge on any atom is -0.493 e. The fourth-order valence-electron chi connectivity index (χ4n) is 2.99. The van der Waals surface area contributed by atoms with Crippen molar-refractivity contribution in [1.82, 2.24) is 14.8 Å². The van der Waals surface area contributed by atoms with Crippen LogP contribution in [-0.2, 0) is 0 Å². The highest BCUT2D eigenvalue weighted by Gasteiger charge is 2.53. The number of rotatable bonds is 8. The van der Waals surface area contributed by atoms with E-state index in [2.05, 4.69) is 10.1 Å². The summed E-state index contributed by atoms with van der Waals surface area (Å²) in [5, 5.41) is 16.0. The Morgan fingerprint density at radius 3 is 2.54 bits per heavy atom. The zero-order valence-electron chi connectivity index (χ0n) is 14.6. The molecule has 26 heavy (non-hydrogen) atoms. The van der Waals surface area contributed by atoms with Gasteiger partial charge in [-0.1, -0.05) is 25.4 Å². The lowest BCUT2D eigenvalue weighted by atomic mass is 9.81. The molecule has 1 aromatic carbocycles. The van der Waals surface area contributed by atoms with Crippen LogP contribution in [0.1, 0.15) is 32.7 Å². The summed E-state index contributed by atoms with van der Waals surface area (Å²) >= 11 is 18.3. The Labute approximate surface area is 168 Å². The third-order valence-corrected chi connectivity index (χ3v) is 6.03. The zero-order valence-corrected chi connectivity index (χ0v) is 16.9.